The van der Waals surface area contributed by atoms with Crippen LogP contribution in [0, 0.1) is 10.1 Å². The zero-order chi connectivity index (χ0) is 11.9. The van der Waals surface area contributed by atoms with E-state index in [9.17, 15) is 14.9 Å². The molecule has 0 atom stereocenters. The lowest BCUT2D eigenvalue weighted by atomic mass is 9.95. The van der Waals surface area contributed by atoms with Gasteiger partial charge in [0.2, 0.25) is 0 Å². The van der Waals surface area contributed by atoms with E-state index in [2.05, 4.69) is 0 Å². The molecule has 0 aliphatic rings. The van der Waals surface area contributed by atoms with Gasteiger partial charge in [0.15, 0.2) is 0 Å². The van der Waals surface area contributed by atoms with Crippen molar-refractivity contribution in [3.05, 3.63) is 10.1 Å². The zero-order valence-electron chi connectivity index (χ0n) is 8.26. The Bertz CT molecular complexity index is 225. The van der Waals surface area contributed by atoms with E-state index in [0.29, 0.717) is 6.42 Å². The third-order valence-corrected chi connectivity index (χ3v) is 2.26. The lowest BCUT2D eigenvalue weighted by Crippen LogP contribution is -2.45. The standard InChI is InChI=1S/C8H15NO6/c10-5-8(6-11,9(14)15)4-2-1-3-7(12)13/h10-11H,1-6H2,(H,12,13). The zero-order valence-corrected chi connectivity index (χ0v) is 8.26. The first-order valence-corrected chi connectivity index (χ1v) is 4.56. The number of rotatable bonds is 8. The molecule has 0 aromatic carbocycles. The summed E-state index contributed by atoms with van der Waals surface area (Å²) >= 11 is 0. The van der Waals surface area contributed by atoms with Crippen LogP contribution < -0.4 is 0 Å². The fourth-order valence-electron chi connectivity index (χ4n) is 1.15. The summed E-state index contributed by atoms with van der Waals surface area (Å²) in [6.45, 7) is -1.49. The first kappa shape index (κ1) is 13.8. The summed E-state index contributed by atoms with van der Waals surface area (Å²) in [5.74, 6) is -0.963. The van der Waals surface area contributed by atoms with Crippen LogP contribution in [0.25, 0.3) is 0 Å². The third-order valence-electron chi connectivity index (χ3n) is 2.26. The molecule has 0 spiro atoms. The molecule has 7 heteroatoms. The van der Waals surface area contributed by atoms with Gasteiger partial charge in [-0.25, -0.2) is 0 Å². The van der Waals surface area contributed by atoms with Crippen LogP contribution in [0.2, 0.25) is 0 Å². The fraction of sp³-hybridized carbons (Fsp3) is 0.875. The van der Waals surface area contributed by atoms with Crippen molar-refractivity contribution < 1.29 is 25.0 Å². The molecule has 0 heterocycles. The van der Waals surface area contributed by atoms with E-state index in [1.54, 1.807) is 0 Å². The molecule has 0 rings (SSSR count). The second-order valence-electron chi connectivity index (χ2n) is 3.40. The van der Waals surface area contributed by atoms with Crippen LogP contribution in [-0.2, 0) is 4.79 Å². The molecule has 0 amide bonds. The topological polar surface area (TPSA) is 121 Å². The molecule has 88 valence electrons. The SMILES string of the molecule is O=C(O)CCCCC(CO)(CO)[N+](=O)[O-]. The minimum absolute atomic E-state index is 0.0275. The number of carboxylic acids is 1. The number of aliphatic carboxylic acids is 1. The number of nitrogens with zero attached hydrogens (tertiary/aromatic N) is 1. The average Bonchev–Trinajstić information content (AvgIpc) is 2.18. The van der Waals surface area contributed by atoms with Gasteiger partial charge in [-0.05, 0) is 12.8 Å². The van der Waals surface area contributed by atoms with Crippen LogP contribution >= 0.6 is 0 Å². The van der Waals surface area contributed by atoms with E-state index >= 15 is 0 Å². The number of aliphatic hydroxyl groups is 2. The maximum Gasteiger partial charge on any atom is 0.303 e. The Kier molecular flexibility index (Phi) is 5.80. The summed E-state index contributed by atoms with van der Waals surface area (Å²) in [5.41, 5.74) is -1.74. The fourth-order valence-corrected chi connectivity index (χ4v) is 1.15. The maximum absolute atomic E-state index is 10.6. The summed E-state index contributed by atoms with van der Waals surface area (Å²) in [5, 5.41) is 36.6. The molecule has 15 heavy (non-hydrogen) atoms. The van der Waals surface area contributed by atoms with Crippen molar-refractivity contribution >= 4 is 5.97 Å². The van der Waals surface area contributed by atoms with Gasteiger partial charge in [-0.1, -0.05) is 0 Å². The second-order valence-corrected chi connectivity index (χ2v) is 3.40. The van der Waals surface area contributed by atoms with Crippen LogP contribution in [0.1, 0.15) is 25.7 Å². The van der Waals surface area contributed by atoms with E-state index in [1.807, 2.05) is 0 Å². The van der Waals surface area contributed by atoms with Crippen molar-refractivity contribution in [3.63, 3.8) is 0 Å². The Morgan fingerprint density at radius 3 is 2.13 bits per heavy atom. The van der Waals surface area contributed by atoms with Crippen molar-refractivity contribution in [3.8, 4) is 0 Å². The van der Waals surface area contributed by atoms with Gasteiger partial charge in [0.1, 0.15) is 13.2 Å². The Hall–Kier alpha value is -1.21. The number of hydrogen-bond donors (Lipinski definition) is 3. The number of carbonyl (C=O) groups is 1. The van der Waals surface area contributed by atoms with E-state index in [4.69, 9.17) is 15.3 Å². The van der Waals surface area contributed by atoms with Crippen LogP contribution in [0.4, 0.5) is 0 Å². The molecule has 0 bridgehead atoms. The number of nitro groups is 1. The van der Waals surface area contributed by atoms with Gasteiger partial charge in [0, 0.05) is 17.8 Å². The highest BCUT2D eigenvalue weighted by atomic mass is 16.6. The van der Waals surface area contributed by atoms with Gasteiger partial charge in [0.05, 0.1) is 0 Å². The Labute approximate surface area is 86.5 Å². The van der Waals surface area contributed by atoms with Gasteiger partial charge >= 0.3 is 5.97 Å². The van der Waals surface area contributed by atoms with Gasteiger partial charge in [-0.2, -0.15) is 0 Å². The molecule has 0 saturated carbocycles. The first-order chi connectivity index (χ1) is 6.98. The predicted octanol–water partition coefficient (Wildman–Crippen LogP) is -0.368. The van der Waals surface area contributed by atoms with E-state index in [-0.39, 0.29) is 19.3 Å². The Morgan fingerprint density at radius 2 is 1.80 bits per heavy atom. The van der Waals surface area contributed by atoms with Crippen molar-refractivity contribution in [2.24, 2.45) is 0 Å². The normalized spacial score (nSPS) is 11.3. The van der Waals surface area contributed by atoms with Crippen molar-refractivity contribution in [1.82, 2.24) is 0 Å². The second kappa shape index (κ2) is 6.31. The molecule has 0 aliphatic heterocycles. The van der Waals surface area contributed by atoms with Gasteiger partial charge in [-0.3, -0.25) is 14.9 Å². The molecule has 7 nitrogen and oxygen atoms in total. The molecule has 3 N–H and O–H groups in total. The summed E-state index contributed by atoms with van der Waals surface area (Å²) in [7, 11) is 0. The smallest absolute Gasteiger partial charge is 0.303 e. The maximum atomic E-state index is 10.6. The molecule has 0 unspecified atom stereocenters. The van der Waals surface area contributed by atoms with Crippen LogP contribution in [0.5, 0.6) is 0 Å². The Balaban J connectivity index is 4.07. The van der Waals surface area contributed by atoms with Gasteiger partial charge in [0.25, 0.3) is 5.54 Å². The van der Waals surface area contributed by atoms with E-state index in [1.165, 1.54) is 0 Å². The highest BCUT2D eigenvalue weighted by Gasteiger charge is 2.40. The quantitative estimate of drug-likeness (QED) is 0.292. The third kappa shape index (κ3) is 4.22. The highest BCUT2D eigenvalue weighted by Crippen LogP contribution is 2.18. The number of unbranched alkanes of at least 4 members (excludes halogenated alkanes) is 1. The van der Waals surface area contributed by atoms with Crippen LogP contribution in [-0.4, -0.2) is 45.0 Å². The van der Waals surface area contributed by atoms with Gasteiger partial charge < -0.3 is 15.3 Å². The molecule has 0 radical (unpaired) electrons. The van der Waals surface area contributed by atoms with Crippen LogP contribution in [0.15, 0.2) is 0 Å². The van der Waals surface area contributed by atoms with Gasteiger partial charge in [-0.15, -0.1) is 0 Å². The molecule has 0 aromatic heterocycles. The molecular weight excluding hydrogens is 206 g/mol. The highest BCUT2D eigenvalue weighted by molar-refractivity contribution is 5.66. The Morgan fingerprint density at radius 1 is 1.27 bits per heavy atom. The summed E-state index contributed by atoms with van der Waals surface area (Å²) in [6, 6.07) is 0. The predicted molar refractivity (Wildman–Crippen MR) is 50.0 cm³/mol. The minimum Gasteiger partial charge on any atom is -0.481 e. The number of carboxylic acid groups (broad SMARTS) is 1. The van der Waals surface area contributed by atoms with E-state index in [0.717, 1.165) is 0 Å². The molecule has 0 aliphatic carbocycles. The summed E-state index contributed by atoms with van der Waals surface area (Å²) in [6.07, 6.45) is 0.490. The largest absolute Gasteiger partial charge is 0.481 e. The molecule has 0 fully saturated rings. The molecule has 0 aromatic rings. The van der Waals surface area contributed by atoms with Crippen molar-refractivity contribution in [2.45, 2.75) is 31.2 Å². The molecule has 0 saturated heterocycles. The first-order valence-electron chi connectivity index (χ1n) is 4.56. The van der Waals surface area contributed by atoms with Crippen molar-refractivity contribution in [1.29, 1.82) is 0 Å². The van der Waals surface area contributed by atoms with E-state index < -0.39 is 29.6 Å². The minimum atomic E-state index is -1.74. The number of aliphatic hydroxyl groups excluding tert-OH is 2. The van der Waals surface area contributed by atoms with Crippen molar-refractivity contribution in [2.75, 3.05) is 13.2 Å². The average molecular weight is 221 g/mol. The number of hydrogen-bond acceptors (Lipinski definition) is 5. The molecular formula is C8H15NO6. The van der Waals surface area contributed by atoms with Crippen LogP contribution in [0.3, 0.4) is 0 Å². The lowest BCUT2D eigenvalue weighted by molar-refractivity contribution is -0.578. The monoisotopic (exact) mass is 221 g/mol. The summed E-state index contributed by atoms with van der Waals surface area (Å²) < 4.78 is 0. The summed E-state index contributed by atoms with van der Waals surface area (Å²) in [4.78, 5) is 20.0. The lowest BCUT2D eigenvalue weighted by Gasteiger charge is -2.20.